The quantitative estimate of drug-likeness (QED) is 0.713. The number of carbonyl (C=O) groups excluding carboxylic acids is 1. The van der Waals surface area contributed by atoms with Gasteiger partial charge in [-0.3, -0.25) is 9.69 Å². The average Bonchev–Trinajstić information content (AvgIpc) is 2.55. The molecular formula is C19H32N2O3. The van der Waals surface area contributed by atoms with E-state index in [1.54, 1.807) is 7.11 Å². The smallest absolute Gasteiger partial charge is 0.234 e. The standard InChI is InChI=1S/C19H32N2O3/c1-7-19(4,5)20-18(22)14-21(8-2)13-15-10-11-16(24-9-3)17(12-15)23-6/h10-12H,7-9,13-14H2,1-6H3,(H,20,22). The molecule has 0 atom stereocenters. The van der Waals surface area contributed by atoms with E-state index in [1.807, 2.05) is 39.0 Å². The number of likely N-dealkylation sites (N-methyl/N-ethyl adjacent to an activating group) is 1. The minimum Gasteiger partial charge on any atom is -0.493 e. The maximum Gasteiger partial charge on any atom is 0.234 e. The molecule has 0 saturated heterocycles. The molecule has 0 bridgehead atoms. The fourth-order valence-electron chi connectivity index (χ4n) is 2.33. The molecule has 1 aromatic carbocycles. The van der Waals surface area contributed by atoms with E-state index >= 15 is 0 Å². The van der Waals surface area contributed by atoms with Crippen molar-refractivity contribution in [3.63, 3.8) is 0 Å². The van der Waals surface area contributed by atoms with Crippen LogP contribution in [0.2, 0.25) is 0 Å². The van der Waals surface area contributed by atoms with Crippen molar-refractivity contribution in [1.29, 1.82) is 0 Å². The Morgan fingerprint density at radius 1 is 1.21 bits per heavy atom. The van der Waals surface area contributed by atoms with Crippen molar-refractivity contribution in [2.45, 2.75) is 53.1 Å². The topological polar surface area (TPSA) is 50.8 Å². The highest BCUT2D eigenvalue weighted by Crippen LogP contribution is 2.28. The molecule has 1 amide bonds. The second kappa shape index (κ2) is 9.52. The highest BCUT2D eigenvalue weighted by molar-refractivity contribution is 5.78. The van der Waals surface area contributed by atoms with Crippen LogP contribution in [0.25, 0.3) is 0 Å². The first-order valence-corrected chi connectivity index (χ1v) is 8.68. The number of ether oxygens (including phenoxy) is 2. The second-order valence-electron chi connectivity index (χ2n) is 6.51. The molecule has 0 saturated carbocycles. The predicted molar refractivity (Wildman–Crippen MR) is 97.6 cm³/mol. The molecule has 1 aromatic rings. The van der Waals surface area contributed by atoms with Crippen LogP contribution in [-0.2, 0) is 11.3 Å². The average molecular weight is 336 g/mol. The van der Waals surface area contributed by atoms with E-state index in [0.717, 1.165) is 30.0 Å². The van der Waals surface area contributed by atoms with Gasteiger partial charge >= 0.3 is 0 Å². The zero-order valence-electron chi connectivity index (χ0n) is 15.9. The largest absolute Gasteiger partial charge is 0.493 e. The van der Waals surface area contributed by atoms with E-state index in [-0.39, 0.29) is 11.4 Å². The Labute approximate surface area is 146 Å². The van der Waals surface area contributed by atoms with Crippen molar-refractivity contribution in [3.8, 4) is 11.5 Å². The van der Waals surface area contributed by atoms with Crippen molar-refractivity contribution in [2.24, 2.45) is 0 Å². The lowest BCUT2D eigenvalue weighted by molar-refractivity contribution is -0.124. The third kappa shape index (κ3) is 6.40. The normalized spacial score (nSPS) is 11.5. The van der Waals surface area contributed by atoms with E-state index in [0.29, 0.717) is 19.7 Å². The number of carbonyl (C=O) groups is 1. The maximum absolute atomic E-state index is 12.2. The van der Waals surface area contributed by atoms with Crippen LogP contribution in [0.1, 0.15) is 46.6 Å². The van der Waals surface area contributed by atoms with E-state index in [2.05, 4.69) is 24.1 Å². The van der Waals surface area contributed by atoms with Gasteiger partial charge in [0.05, 0.1) is 20.3 Å². The number of nitrogens with zero attached hydrogens (tertiary/aromatic N) is 1. The van der Waals surface area contributed by atoms with Gasteiger partial charge in [0, 0.05) is 12.1 Å². The summed E-state index contributed by atoms with van der Waals surface area (Å²) in [6.45, 7) is 12.6. The van der Waals surface area contributed by atoms with Gasteiger partial charge in [-0.25, -0.2) is 0 Å². The van der Waals surface area contributed by atoms with Gasteiger partial charge in [0.25, 0.3) is 0 Å². The van der Waals surface area contributed by atoms with Gasteiger partial charge in [-0.05, 0) is 51.4 Å². The molecule has 0 aliphatic heterocycles. The van der Waals surface area contributed by atoms with Gasteiger partial charge in [-0.2, -0.15) is 0 Å². The number of hydrogen-bond donors (Lipinski definition) is 1. The lowest BCUT2D eigenvalue weighted by Crippen LogP contribution is -2.47. The maximum atomic E-state index is 12.2. The van der Waals surface area contributed by atoms with Gasteiger partial charge in [0.2, 0.25) is 5.91 Å². The third-order valence-electron chi connectivity index (χ3n) is 4.11. The number of benzene rings is 1. The number of rotatable bonds is 10. The SMILES string of the molecule is CCOc1ccc(CN(CC)CC(=O)NC(C)(C)CC)cc1OC. The first-order valence-electron chi connectivity index (χ1n) is 8.68. The summed E-state index contributed by atoms with van der Waals surface area (Å²) in [5.74, 6) is 1.53. The summed E-state index contributed by atoms with van der Waals surface area (Å²) in [5, 5.41) is 3.08. The Hall–Kier alpha value is -1.75. The lowest BCUT2D eigenvalue weighted by Gasteiger charge is -2.27. The fraction of sp³-hybridized carbons (Fsp3) is 0.632. The summed E-state index contributed by atoms with van der Waals surface area (Å²) in [4.78, 5) is 14.3. The van der Waals surface area contributed by atoms with Crippen LogP contribution in [0.5, 0.6) is 11.5 Å². The lowest BCUT2D eigenvalue weighted by atomic mass is 10.0. The molecule has 1 rings (SSSR count). The van der Waals surface area contributed by atoms with Crippen LogP contribution in [0.4, 0.5) is 0 Å². The molecule has 136 valence electrons. The highest BCUT2D eigenvalue weighted by Gasteiger charge is 2.19. The zero-order chi connectivity index (χ0) is 18.2. The molecule has 1 N–H and O–H groups in total. The number of methoxy groups -OCH3 is 1. The monoisotopic (exact) mass is 336 g/mol. The molecule has 0 spiro atoms. The molecule has 0 aliphatic carbocycles. The van der Waals surface area contributed by atoms with Crippen molar-refractivity contribution >= 4 is 5.91 Å². The fourth-order valence-corrected chi connectivity index (χ4v) is 2.33. The molecule has 0 aliphatic rings. The van der Waals surface area contributed by atoms with Crippen LogP contribution in [-0.4, -0.2) is 43.2 Å². The summed E-state index contributed by atoms with van der Waals surface area (Å²) >= 11 is 0. The minimum absolute atomic E-state index is 0.0570. The molecule has 0 fully saturated rings. The van der Waals surface area contributed by atoms with Crippen LogP contribution >= 0.6 is 0 Å². The van der Waals surface area contributed by atoms with E-state index in [9.17, 15) is 4.79 Å². The van der Waals surface area contributed by atoms with E-state index in [4.69, 9.17) is 9.47 Å². The molecule has 0 aromatic heterocycles. The first kappa shape index (κ1) is 20.3. The van der Waals surface area contributed by atoms with Gasteiger partial charge in [-0.1, -0.05) is 19.9 Å². The summed E-state index contributed by atoms with van der Waals surface area (Å²) in [6, 6.07) is 5.91. The summed E-state index contributed by atoms with van der Waals surface area (Å²) in [5.41, 5.74) is 0.929. The van der Waals surface area contributed by atoms with Gasteiger partial charge in [0.1, 0.15) is 0 Å². The van der Waals surface area contributed by atoms with E-state index in [1.165, 1.54) is 0 Å². The number of nitrogens with one attached hydrogen (secondary N) is 1. The van der Waals surface area contributed by atoms with Gasteiger partial charge in [-0.15, -0.1) is 0 Å². The predicted octanol–water partition coefficient (Wildman–Crippen LogP) is 3.22. The number of hydrogen-bond acceptors (Lipinski definition) is 4. The van der Waals surface area contributed by atoms with Crippen molar-refractivity contribution in [2.75, 3.05) is 26.8 Å². The second-order valence-corrected chi connectivity index (χ2v) is 6.51. The van der Waals surface area contributed by atoms with E-state index < -0.39 is 0 Å². The molecule has 24 heavy (non-hydrogen) atoms. The Balaban J connectivity index is 2.73. The minimum atomic E-state index is -0.168. The third-order valence-corrected chi connectivity index (χ3v) is 4.11. The highest BCUT2D eigenvalue weighted by atomic mass is 16.5. The molecule has 0 radical (unpaired) electrons. The Bertz CT molecular complexity index is 529. The molecular weight excluding hydrogens is 304 g/mol. The Morgan fingerprint density at radius 2 is 1.92 bits per heavy atom. The summed E-state index contributed by atoms with van der Waals surface area (Å²) in [6.07, 6.45) is 0.904. The summed E-state index contributed by atoms with van der Waals surface area (Å²) in [7, 11) is 1.64. The van der Waals surface area contributed by atoms with Gasteiger partial charge in [0.15, 0.2) is 11.5 Å². The van der Waals surface area contributed by atoms with Crippen LogP contribution in [0, 0.1) is 0 Å². The van der Waals surface area contributed by atoms with Crippen LogP contribution < -0.4 is 14.8 Å². The Morgan fingerprint density at radius 3 is 2.46 bits per heavy atom. The van der Waals surface area contributed by atoms with Gasteiger partial charge < -0.3 is 14.8 Å². The van der Waals surface area contributed by atoms with Crippen LogP contribution in [0.3, 0.4) is 0 Å². The summed E-state index contributed by atoms with van der Waals surface area (Å²) < 4.78 is 10.9. The van der Waals surface area contributed by atoms with Crippen molar-refractivity contribution < 1.29 is 14.3 Å². The molecule has 5 heteroatoms. The van der Waals surface area contributed by atoms with Crippen LogP contribution in [0.15, 0.2) is 18.2 Å². The first-order chi connectivity index (χ1) is 11.3. The Kier molecular flexibility index (Phi) is 8.05. The zero-order valence-corrected chi connectivity index (χ0v) is 15.9. The van der Waals surface area contributed by atoms with Crippen molar-refractivity contribution in [1.82, 2.24) is 10.2 Å². The molecule has 5 nitrogen and oxygen atoms in total. The number of amides is 1. The molecule has 0 heterocycles. The molecule has 0 unspecified atom stereocenters. The van der Waals surface area contributed by atoms with Crippen molar-refractivity contribution in [3.05, 3.63) is 23.8 Å².